The summed E-state index contributed by atoms with van der Waals surface area (Å²) in [6.45, 7) is -0.277. The number of hydrogen-bond donors (Lipinski definition) is 6. The summed E-state index contributed by atoms with van der Waals surface area (Å²) in [5.74, 6) is -9.49. The number of nitrogens with two attached hydrogens (primary N) is 2. The van der Waals surface area contributed by atoms with Crippen molar-refractivity contribution in [1.29, 1.82) is 0 Å². The Morgan fingerprint density at radius 3 is 2.34 bits per heavy atom. The number of aromatic hydroxyl groups is 1. The molecule has 0 spiro atoms. The van der Waals surface area contributed by atoms with Gasteiger partial charge in [-0.05, 0) is 46.0 Å². The number of halogens is 1. The number of carbonyl (C=O) groups is 4. The first-order valence-electron chi connectivity index (χ1n) is 11.8. The lowest BCUT2D eigenvalue weighted by Gasteiger charge is -2.50. The lowest BCUT2D eigenvalue weighted by Crippen LogP contribution is -2.63. The van der Waals surface area contributed by atoms with Crippen molar-refractivity contribution in [2.24, 2.45) is 23.3 Å². The Balaban J connectivity index is 1.87. The van der Waals surface area contributed by atoms with Gasteiger partial charge in [-0.25, -0.2) is 4.39 Å². The van der Waals surface area contributed by atoms with Gasteiger partial charge in [-0.3, -0.25) is 29.0 Å². The molecule has 204 valence electrons. The molecule has 4 atom stereocenters. The van der Waals surface area contributed by atoms with E-state index in [1.807, 2.05) is 0 Å². The number of primary amides is 2. The van der Waals surface area contributed by atoms with Gasteiger partial charge in [0.15, 0.2) is 11.4 Å². The number of nitrogens with zero attached hydrogens (tertiary/aromatic N) is 2. The highest BCUT2D eigenvalue weighted by Crippen LogP contribution is 2.52. The Morgan fingerprint density at radius 1 is 1.16 bits per heavy atom. The molecule has 0 aliphatic heterocycles. The molecule has 3 aliphatic carbocycles. The summed E-state index contributed by atoms with van der Waals surface area (Å²) in [7, 11) is 4.55. The van der Waals surface area contributed by atoms with Crippen LogP contribution >= 0.6 is 0 Å². The van der Waals surface area contributed by atoms with Crippen molar-refractivity contribution in [3.05, 3.63) is 51.2 Å². The summed E-state index contributed by atoms with van der Waals surface area (Å²) in [6, 6.07) is -0.116. The number of aliphatic hydroxyl groups is 3. The number of hydrogen-bond acceptors (Lipinski definition) is 10. The SMILES string of the molecule is CN(CC(N)=O)Cc1cc(O)c2c(c1F)C[C@H]1C[C@H]3[C@H](N(C)C)C(O)=C(C(N)=O)C(=O)[C@@]3(O)C(O)=C1C2=O. The minimum Gasteiger partial charge on any atom is -0.510 e. The average molecular weight is 533 g/mol. The summed E-state index contributed by atoms with van der Waals surface area (Å²) < 4.78 is 15.6. The van der Waals surface area contributed by atoms with Crippen LogP contribution in [0.2, 0.25) is 0 Å². The molecule has 0 fully saturated rings. The number of allylic oxidation sites excluding steroid dienone is 1. The van der Waals surface area contributed by atoms with Crippen LogP contribution in [0.15, 0.2) is 28.7 Å². The minimum atomic E-state index is -2.77. The fourth-order valence-electron chi connectivity index (χ4n) is 6.08. The summed E-state index contributed by atoms with van der Waals surface area (Å²) in [5.41, 5.74) is 5.89. The van der Waals surface area contributed by atoms with Gasteiger partial charge in [0.25, 0.3) is 5.91 Å². The fourth-order valence-corrected chi connectivity index (χ4v) is 6.08. The molecule has 8 N–H and O–H groups in total. The van der Waals surface area contributed by atoms with Gasteiger partial charge in [0.2, 0.25) is 11.7 Å². The van der Waals surface area contributed by atoms with Crippen LogP contribution in [0.5, 0.6) is 5.75 Å². The lowest BCUT2D eigenvalue weighted by molar-refractivity contribution is -0.148. The molecule has 0 heterocycles. The number of amides is 2. The predicted molar refractivity (Wildman–Crippen MR) is 129 cm³/mol. The number of fused-ring (bicyclic) bond motifs is 3. The number of ketones is 2. The highest BCUT2D eigenvalue weighted by atomic mass is 19.1. The summed E-state index contributed by atoms with van der Waals surface area (Å²) >= 11 is 0. The van der Waals surface area contributed by atoms with Gasteiger partial charge < -0.3 is 31.9 Å². The van der Waals surface area contributed by atoms with Crippen molar-refractivity contribution in [3.63, 3.8) is 0 Å². The molecule has 0 saturated heterocycles. The molecule has 1 aromatic carbocycles. The number of Topliss-reactive ketones (excluding diaryl/α,β-unsaturated/α-hetero) is 2. The smallest absolute Gasteiger partial charge is 0.255 e. The third kappa shape index (κ3) is 3.85. The highest BCUT2D eigenvalue weighted by Gasteiger charge is 2.63. The normalized spacial score (nSPS) is 27.0. The van der Waals surface area contributed by atoms with Crippen LogP contribution in [-0.2, 0) is 27.3 Å². The van der Waals surface area contributed by atoms with Gasteiger partial charge >= 0.3 is 0 Å². The van der Waals surface area contributed by atoms with Crippen molar-refractivity contribution in [2.75, 3.05) is 27.7 Å². The summed E-state index contributed by atoms with van der Waals surface area (Å²) in [4.78, 5) is 52.8. The van der Waals surface area contributed by atoms with Gasteiger partial charge in [0, 0.05) is 29.2 Å². The second kappa shape index (κ2) is 9.19. The van der Waals surface area contributed by atoms with Crippen LogP contribution in [0.25, 0.3) is 0 Å². The van der Waals surface area contributed by atoms with E-state index < -0.39 is 81.1 Å². The van der Waals surface area contributed by atoms with Crippen molar-refractivity contribution in [3.8, 4) is 5.75 Å². The number of carbonyl (C=O) groups excluding carboxylic acids is 4. The van der Waals surface area contributed by atoms with E-state index in [1.165, 1.54) is 30.9 Å². The largest absolute Gasteiger partial charge is 0.510 e. The number of likely N-dealkylation sites (N-methyl/N-ethyl adjacent to an activating group) is 2. The van der Waals surface area contributed by atoms with Gasteiger partial charge in [0.05, 0.1) is 18.2 Å². The van der Waals surface area contributed by atoms with Crippen molar-refractivity contribution < 1.29 is 44.0 Å². The number of aliphatic hydroxyl groups excluding tert-OH is 2. The number of benzene rings is 1. The van der Waals surface area contributed by atoms with E-state index in [0.717, 1.165) is 6.07 Å². The Hall–Kier alpha value is -3.81. The first-order valence-corrected chi connectivity index (χ1v) is 11.8. The zero-order chi connectivity index (χ0) is 28.4. The lowest BCUT2D eigenvalue weighted by atomic mass is 9.58. The molecule has 0 saturated carbocycles. The number of phenolic OH excluding ortho intramolecular Hbond substituents is 1. The second-order valence-electron chi connectivity index (χ2n) is 10.3. The molecule has 2 amide bonds. The third-order valence-corrected chi connectivity index (χ3v) is 7.60. The molecule has 0 radical (unpaired) electrons. The zero-order valence-corrected chi connectivity index (χ0v) is 21.0. The Bertz CT molecular complexity index is 1350. The zero-order valence-electron chi connectivity index (χ0n) is 21.0. The molecule has 0 unspecified atom stereocenters. The third-order valence-electron chi connectivity index (χ3n) is 7.60. The van der Waals surface area contributed by atoms with Crippen LogP contribution in [0, 0.1) is 17.7 Å². The van der Waals surface area contributed by atoms with Crippen molar-refractivity contribution in [1.82, 2.24) is 9.80 Å². The van der Waals surface area contributed by atoms with Gasteiger partial charge in [-0.15, -0.1) is 0 Å². The highest BCUT2D eigenvalue weighted by molar-refractivity contribution is 6.24. The molecular formula is C25H29FN4O8. The summed E-state index contributed by atoms with van der Waals surface area (Å²) in [6.07, 6.45) is -0.334. The average Bonchev–Trinajstić information content (AvgIpc) is 2.78. The number of rotatable bonds is 6. The van der Waals surface area contributed by atoms with E-state index in [9.17, 15) is 39.6 Å². The molecule has 1 aromatic rings. The van der Waals surface area contributed by atoms with E-state index in [-0.39, 0.29) is 42.6 Å². The molecule has 12 nitrogen and oxygen atoms in total. The second-order valence-corrected chi connectivity index (χ2v) is 10.3. The predicted octanol–water partition coefficient (Wildman–Crippen LogP) is -0.823. The molecule has 0 aromatic heterocycles. The molecule has 0 bridgehead atoms. The van der Waals surface area contributed by atoms with Crippen LogP contribution in [0.3, 0.4) is 0 Å². The Kier molecular flexibility index (Phi) is 6.58. The molecule has 38 heavy (non-hydrogen) atoms. The first-order chi connectivity index (χ1) is 17.6. The minimum absolute atomic E-state index is 0.00690. The van der Waals surface area contributed by atoms with Crippen LogP contribution in [-0.4, -0.2) is 92.9 Å². The van der Waals surface area contributed by atoms with Crippen LogP contribution < -0.4 is 11.5 Å². The quantitative estimate of drug-likeness (QED) is 0.251. The Morgan fingerprint density at radius 2 is 1.79 bits per heavy atom. The maximum atomic E-state index is 15.6. The van der Waals surface area contributed by atoms with Crippen LogP contribution in [0.4, 0.5) is 4.39 Å². The van der Waals surface area contributed by atoms with E-state index in [2.05, 4.69) is 0 Å². The molecule has 3 aliphatic rings. The standard InChI is InChI=1S/C25H29FN4O8/c1-29(2)19-12-5-9-4-11-16(13(31)6-10(18(11)26)7-30(3)8-14(27)32)20(33)15(9)22(35)25(12,38)23(36)17(21(19)34)24(28)37/h6,9,12,19,31,34-35,38H,4-5,7-8H2,1-3H3,(H2,27,32)(H2,28,37)/t9-,12-,19-,25-/m0/s1. The van der Waals surface area contributed by atoms with E-state index in [4.69, 9.17) is 11.5 Å². The van der Waals surface area contributed by atoms with Crippen molar-refractivity contribution >= 4 is 23.4 Å². The van der Waals surface area contributed by atoms with E-state index >= 15 is 4.39 Å². The van der Waals surface area contributed by atoms with E-state index in [1.54, 1.807) is 0 Å². The van der Waals surface area contributed by atoms with Gasteiger partial charge in [-0.2, -0.15) is 0 Å². The van der Waals surface area contributed by atoms with Gasteiger partial charge in [-0.1, -0.05) is 0 Å². The molecule has 4 rings (SSSR count). The topological polar surface area (TPSA) is 208 Å². The maximum absolute atomic E-state index is 15.6. The first kappa shape index (κ1) is 27.2. The van der Waals surface area contributed by atoms with Gasteiger partial charge in [0.1, 0.15) is 28.7 Å². The number of phenols is 1. The molecular weight excluding hydrogens is 503 g/mol. The van der Waals surface area contributed by atoms with E-state index in [0.29, 0.717) is 0 Å². The van der Waals surface area contributed by atoms with Crippen LogP contribution in [0.1, 0.15) is 27.9 Å². The fraction of sp³-hybridized carbons (Fsp3) is 0.440. The monoisotopic (exact) mass is 532 g/mol. The maximum Gasteiger partial charge on any atom is 0.255 e. The molecule has 13 heteroatoms. The van der Waals surface area contributed by atoms with Crippen molar-refractivity contribution in [2.45, 2.75) is 31.0 Å². The summed E-state index contributed by atoms with van der Waals surface area (Å²) in [5, 5.41) is 44.2. The Labute approximate surface area is 216 Å².